The molecule has 0 bridgehead atoms. The van der Waals surface area contributed by atoms with Crippen LogP contribution in [-0.2, 0) is 0 Å². The summed E-state index contributed by atoms with van der Waals surface area (Å²) >= 11 is 1.68. The number of hydrogen-bond acceptors (Lipinski definition) is 4. The molecule has 0 atom stereocenters. The average molecular weight is 270 g/mol. The summed E-state index contributed by atoms with van der Waals surface area (Å²) in [6.07, 6.45) is 0. The Morgan fingerprint density at radius 2 is 1.79 bits per heavy atom. The van der Waals surface area contributed by atoms with Gasteiger partial charge in [-0.15, -0.1) is 11.3 Å². The molecule has 2 heterocycles. The Morgan fingerprint density at radius 3 is 2.42 bits per heavy atom. The van der Waals surface area contributed by atoms with Crippen LogP contribution in [0, 0.1) is 13.8 Å². The first kappa shape index (κ1) is 12.0. The van der Waals surface area contributed by atoms with Crippen molar-refractivity contribution in [1.82, 2.24) is 5.16 Å². The smallest absolute Gasteiger partial charge is 0.186 e. The monoisotopic (exact) mass is 270 g/mol. The predicted molar refractivity (Wildman–Crippen MR) is 79.1 cm³/mol. The fourth-order valence-electron chi connectivity index (χ4n) is 2.03. The highest BCUT2D eigenvalue weighted by molar-refractivity contribution is 7.15. The number of nitrogens with zero attached hydrogens (tertiary/aromatic N) is 1. The van der Waals surface area contributed by atoms with Crippen molar-refractivity contribution in [1.29, 1.82) is 0 Å². The largest absolute Gasteiger partial charge is 0.380 e. The number of aryl methyl sites for hydroxylation is 2. The number of rotatable bonds is 2. The van der Waals surface area contributed by atoms with Gasteiger partial charge in [0, 0.05) is 4.88 Å². The Hall–Kier alpha value is -2.07. The van der Waals surface area contributed by atoms with E-state index in [2.05, 4.69) is 37.2 Å². The second-order valence-electron chi connectivity index (χ2n) is 4.55. The lowest BCUT2D eigenvalue weighted by Gasteiger charge is -2.01. The van der Waals surface area contributed by atoms with Crippen LogP contribution in [0.5, 0.6) is 0 Å². The van der Waals surface area contributed by atoms with Gasteiger partial charge >= 0.3 is 0 Å². The zero-order valence-electron chi connectivity index (χ0n) is 10.8. The predicted octanol–water partition coefficient (Wildman–Crippen LogP) is 4.27. The Labute approximate surface area is 115 Å². The molecule has 0 aliphatic heterocycles. The Kier molecular flexibility index (Phi) is 2.87. The number of nitrogen functional groups attached to an aromatic ring is 1. The summed E-state index contributed by atoms with van der Waals surface area (Å²) in [4.78, 5) is 2.29. The highest BCUT2D eigenvalue weighted by atomic mass is 32.1. The molecule has 3 nitrogen and oxygen atoms in total. The third-order valence-electron chi connectivity index (χ3n) is 3.02. The van der Waals surface area contributed by atoms with Crippen molar-refractivity contribution in [3.05, 3.63) is 46.8 Å². The molecule has 19 heavy (non-hydrogen) atoms. The maximum atomic E-state index is 5.96. The molecule has 0 spiro atoms. The third kappa shape index (κ3) is 2.15. The van der Waals surface area contributed by atoms with Crippen molar-refractivity contribution < 1.29 is 4.52 Å². The first-order chi connectivity index (χ1) is 9.15. The molecule has 3 aromatic rings. The van der Waals surface area contributed by atoms with Crippen LogP contribution in [0.15, 0.2) is 40.9 Å². The van der Waals surface area contributed by atoms with Crippen LogP contribution >= 0.6 is 11.3 Å². The summed E-state index contributed by atoms with van der Waals surface area (Å²) in [5, 5.41) is 3.91. The van der Waals surface area contributed by atoms with Crippen molar-refractivity contribution in [3.63, 3.8) is 0 Å². The standard InChI is InChI=1S/C15H14N2OS/c1-9-3-6-11(7-4-9)13-14(18-17-15(13)16)12-8-5-10(2)19-12/h3-8H,1-2H3,(H2,16,17). The Balaban J connectivity index is 2.16. The normalized spacial score (nSPS) is 10.8. The van der Waals surface area contributed by atoms with Gasteiger partial charge in [0.1, 0.15) is 0 Å². The zero-order chi connectivity index (χ0) is 13.4. The SMILES string of the molecule is Cc1ccc(-c2c(N)noc2-c2ccc(C)s2)cc1. The first-order valence-corrected chi connectivity index (χ1v) is 6.86. The minimum absolute atomic E-state index is 0.435. The van der Waals surface area contributed by atoms with Crippen molar-refractivity contribution in [2.45, 2.75) is 13.8 Å². The van der Waals surface area contributed by atoms with Gasteiger partial charge < -0.3 is 10.3 Å². The molecule has 4 heteroatoms. The van der Waals surface area contributed by atoms with E-state index in [1.165, 1.54) is 10.4 Å². The highest BCUT2D eigenvalue weighted by Crippen LogP contribution is 2.39. The Morgan fingerprint density at radius 1 is 1.05 bits per heavy atom. The second kappa shape index (κ2) is 4.55. The lowest BCUT2D eigenvalue weighted by Crippen LogP contribution is -1.88. The topological polar surface area (TPSA) is 52.0 Å². The summed E-state index contributed by atoms with van der Waals surface area (Å²) < 4.78 is 5.41. The molecular weight excluding hydrogens is 256 g/mol. The number of nitrogens with two attached hydrogens (primary N) is 1. The van der Waals surface area contributed by atoms with Crippen LogP contribution in [0.2, 0.25) is 0 Å². The van der Waals surface area contributed by atoms with Crippen LogP contribution in [-0.4, -0.2) is 5.16 Å². The van der Waals surface area contributed by atoms with Gasteiger partial charge in [-0.3, -0.25) is 0 Å². The molecule has 96 valence electrons. The van der Waals surface area contributed by atoms with Crippen LogP contribution in [0.4, 0.5) is 5.82 Å². The quantitative estimate of drug-likeness (QED) is 0.756. The molecule has 0 saturated carbocycles. The molecule has 0 saturated heterocycles. The van der Waals surface area contributed by atoms with Crippen LogP contribution in [0.3, 0.4) is 0 Å². The zero-order valence-corrected chi connectivity index (χ0v) is 11.6. The van der Waals surface area contributed by atoms with E-state index in [1.807, 2.05) is 18.2 Å². The maximum absolute atomic E-state index is 5.96. The molecule has 0 amide bonds. The number of benzene rings is 1. The number of thiophene rings is 1. The van der Waals surface area contributed by atoms with E-state index in [0.29, 0.717) is 5.82 Å². The maximum Gasteiger partial charge on any atom is 0.186 e. The molecule has 2 aromatic heterocycles. The summed E-state index contributed by atoms with van der Waals surface area (Å²) in [5.74, 6) is 1.18. The lowest BCUT2D eigenvalue weighted by molar-refractivity contribution is 0.437. The van der Waals surface area contributed by atoms with Crippen molar-refractivity contribution in [2.24, 2.45) is 0 Å². The van der Waals surface area contributed by atoms with Gasteiger partial charge in [-0.1, -0.05) is 35.0 Å². The van der Waals surface area contributed by atoms with E-state index in [1.54, 1.807) is 11.3 Å². The summed E-state index contributed by atoms with van der Waals surface area (Å²) in [6.45, 7) is 4.13. The molecule has 0 aliphatic rings. The number of hydrogen-bond donors (Lipinski definition) is 1. The molecule has 0 unspecified atom stereocenters. The first-order valence-electron chi connectivity index (χ1n) is 6.04. The molecular formula is C15H14N2OS. The minimum Gasteiger partial charge on any atom is -0.380 e. The molecule has 0 aliphatic carbocycles. The van der Waals surface area contributed by atoms with E-state index < -0.39 is 0 Å². The van der Waals surface area contributed by atoms with E-state index in [4.69, 9.17) is 10.3 Å². The molecule has 3 rings (SSSR count). The van der Waals surface area contributed by atoms with Gasteiger partial charge in [-0.25, -0.2) is 0 Å². The second-order valence-corrected chi connectivity index (χ2v) is 5.84. The van der Waals surface area contributed by atoms with Crippen LogP contribution in [0.25, 0.3) is 21.8 Å². The van der Waals surface area contributed by atoms with Crippen LogP contribution in [0.1, 0.15) is 10.4 Å². The molecule has 0 radical (unpaired) electrons. The lowest BCUT2D eigenvalue weighted by atomic mass is 10.0. The van der Waals surface area contributed by atoms with Gasteiger partial charge in [-0.2, -0.15) is 0 Å². The van der Waals surface area contributed by atoms with Crippen molar-refractivity contribution >= 4 is 17.2 Å². The highest BCUT2D eigenvalue weighted by Gasteiger charge is 2.18. The molecule has 2 N–H and O–H groups in total. The minimum atomic E-state index is 0.435. The third-order valence-corrected chi connectivity index (χ3v) is 4.02. The average Bonchev–Trinajstić information content (AvgIpc) is 2.97. The van der Waals surface area contributed by atoms with Crippen LogP contribution < -0.4 is 5.73 Å². The fraction of sp³-hybridized carbons (Fsp3) is 0.133. The van der Waals surface area contributed by atoms with Gasteiger partial charge in [0.05, 0.1) is 10.4 Å². The molecule has 1 aromatic carbocycles. The van der Waals surface area contributed by atoms with Gasteiger partial charge in [0.25, 0.3) is 0 Å². The van der Waals surface area contributed by atoms with E-state index in [-0.39, 0.29) is 0 Å². The summed E-state index contributed by atoms with van der Waals surface area (Å²) in [5.41, 5.74) is 9.08. The van der Waals surface area contributed by atoms with Gasteiger partial charge in [0.15, 0.2) is 11.6 Å². The van der Waals surface area contributed by atoms with Crippen molar-refractivity contribution in [2.75, 3.05) is 5.73 Å². The Bertz CT molecular complexity index is 710. The number of anilines is 1. The summed E-state index contributed by atoms with van der Waals surface area (Å²) in [6, 6.07) is 12.3. The van der Waals surface area contributed by atoms with Crippen molar-refractivity contribution in [3.8, 4) is 21.8 Å². The fourth-order valence-corrected chi connectivity index (χ4v) is 2.88. The van der Waals surface area contributed by atoms with Gasteiger partial charge in [0.2, 0.25) is 0 Å². The van der Waals surface area contributed by atoms with Gasteiger partial charge in [-0.05, 0) is 31.5 Å². The number of aromatic nitrogens is 1. The summed E-state index contributed by atoms with van der Waals surface area (Å²) in [7, 11) is 0. The van der Waals surface area contributed by atoms with E-state index in [9.17, 15) is 0 Å². The molecule has 0 fully saturated rings. The van der Waals surface area contributed by atoms with E-state index >= 15 is 0 Å². The van der Waals surface area contributed by atoms with E-state index in [0.717, 1.165) is 21.8 Å².